The van der Waals surface area contributed by atoms with Gasteiger partial charge in [-0.15, -0.1) is 22.7 Å². The Kier molecular flexibility index (Phi) is 5.18. The average Bonchev–Trinajstić information content (AvgIpc) is 3.02. The largest absolute Gasteiger partial charge is 0.469 e. The van der Waals surface area contributed by atoms with E-state index >= 15 is 0 Å². The number of nitrogens with one attached hydrogen (secondary N) is 1. The van der Waals surface area contributed by atoms with Crippen LogP contribution in [0.3, 0.4) is 0 Å². The summed E-state index contributed by atoms with van der Waals surface area (Å²) in [6, 6.07) is 3.87. The highest BCUT2D eigenvalue weighted by atomic mass is 35.5. The van der Waals surface area contributed by atoms with Crippen molar-refractivity contribution < 1.29 is 9.53 Å². The smallest absolute Gasteiger partial charge is 0.305 e. The zero-order valence-corrected chi connectivity index (χ0v) is 12.7. The fraction of sp³-hybridized carbons (Fsp3) is 0.333. The summed E-state index contributed by atoms with van der Waals surface area (Å²) in [5.74, 6) is -0.212. The van der Waals surface area contributed by atoms with Crippen LogP contribution in [-0.4, -0.2) is 18.1 Å². The molecular formula is C12H13ClN2O2S2. The van der Waals surface area contributed by atoms with Gasteiger partial charge in [0.25, 0.3) is 0 Å². The van der Waals surface area contributed by atoms with Crippen LogP contribution in [0.5, 0.6) is 0 Å². The SMILES string of the molecule is COC(=O)CCc1csc(NCc2ccc(Cl)s2)n1. The lowest BCUT2D eigenvalue weighted by molar-refractivity contribution is -0.140. The highest BCUT2D eigenvalue weighted by Gasteiger charge is 2.06. The number of thiophene rings is 1. The zero-order chi connectivity index (χ0) is 13.7. The lowest BCUT2D eigenvalue weighted by atomic mass is 10.2. The van der Waals surface area contributed by atoms with Crippen molar-refractivity contribution in [1.29, 1.82) is 0 Å². The molecule has 0 saturated carbocycles. The second-order valence-corrected chi connectivity index (χ2v) is 6.44. The molecule has 19 heavy (non-hydrogen) atoms. The van der Waals surface area contributed by atoms with E-state index in [-0.39, 0.29) is 5.97 Å². The number of ether oxygens (including phenoxy) is 1. The highest BCUT2D eigenvalue weighted by Crippen LogP contribution is 2.23. The third kappa shape index (κ3) is 4.49. The maximum Gasteiger partial charge on any atom is 0.305 e. The summed E-state index contributed by atoms with van der Waals surface area (Å²) in [5, 5.41) is 6.04. The summed E-state index contributed by atoms with van der Waals surface area (Å²) in [6.45, 7) is 0.710. The van der Waals surface area contributed by atoms with Crippen LogP contribution in [-0.2, 0) is 22.5 Å². The topological polar surface area (TPSA) is 51.2 Å². The number of aromatic nitrogens is 1. The molecule has 0 aliphatic rings. The molecule has 0 radical (unpaired) electrons. The van der Waals surface area contributed by atoms with E-state index in [1.807, 2.05) is 17.5 Å². The van der Waals surface area contributed by atoms with Crippen LogP contribution in [0.2, 0.25) is 4.34 Å². The van der Waals surface area contributed by atoms with E-state index in [1.165, 1.54) is 18.4 Å². The predicted octanol–water partition coefficient (Wildman–Crippen LogP) is 3.58. The average molecular weight is 317 g/mol. The Balaban J connectivity index is 1.82. The van der Waals surface area contributed by atoms with Gasteiger partial charge in [-0.25, -0.2) is 4.98 Å². The lowest BCUT2D eigenvalue weighted by Crippen LogP contribution is -2.02. The van der Waals surface area contributed by atoms with Crippen LogP contribution in [0.1, 0.15) is 17.0 Å². The Morgan fingerprint density at radius 3 is 3.05 bits per heavy atom. The quantitative estimate of drug-likeness (QED) is 0.828. The fourth-order valence-electron chi connectivity index (χ4n) is 1.44. The first kappa shape index (κ1) is 14.3. The van der Waals surface area contributed by atoms with Gasteiger partial charge in [-0.05, 0) is 12.1 Å². The van der Waals surface area contributed by atoms with Gasteiger partial charge in [-0.3, -0.25) is 4.79 Å². The molecule has 0 aliphatic carbocycles. The van der Waals surface area contributed by atoms with Crippen LogP contribution < -0.4 is 5.32 Å². The van der Waals surface area contributed by atoms with Crippen LogP contribution >= 0.6 is 34.3 Å². The first-order valence-electron chi connectivity index (χ1n) is 5.66. The summed E-state index contributed by atoms with van der Waals surface area (Å²) in [7, 11) is 1.39. The van der Waals surface area contributed by atoms with Crippen LogP contribution in [0, 0.1) is 0 Å². The molecule has 102 valence electrons. The van der Waals surface area contributed by atoms with Crippen LogP contribution in [0.4, 0.5) is 5.13 Å². The Labute approximate surface area is 124 Å². The zero-order valence-electron chi connectivity index (χ0n) is 10.3. The standard InChI is InChI=1S/C12H13ClN2O2S2/c1-17-11(16)5-2-8-7-18-12(15-8)14-6-9-3-4-10(13)19-9/h3-4,7H,2,5-6H2,1H3,(H,14,15). The molecule has 0 bridgehead atoms. The number of carbonyl (C=O) groups is 1. The number of esters is 1. The molecular weight excluding hydrogens is 304 g/mol. The van der Waals surface area contributed by atoms with Gasteiger partial charge in [0.2, 0.25) is 0 Å². The van der Waals surface area contributed by atoms with Gasteiger partial charge in [0.1, 0.15) is 0 Å². The number of aryl methyl sites for hydroxylation is 1. The molecule has 0 amide bonds. The molecule has 0 unspecified atom stereocenters. The Hall–Kier alpha value is -1.11. The number of rotatable bonds is 6. The minimum Gasteiger partial charge on any atom is -0.469 e. The van der Waals surface area contributed by atoms with E-state index in [0.29, 0.717) is 19.4 Å². The van der Waals surface area contributed by atoms with Crippen molar-refractivity contribution in [3.8, 4) is 0 Å². The second-order valence-electron chi connectivity index (χ2n) is 3.78. The Bertz CT molecular complexity index is 553. The number of anilines is 1. The third-order valence-electron chi connectivity index (χ3n) is 2.41. The number of halogens is 1. The molecule has 0 fully saturated rings. The first-order valence-corrected chi connectivity index (χ1v) is 7.74. The van der Waals surface area contributed by atoms with Gasteiger partial charge in [-0.2, -0.15) is 0 Å². The summed E-state index contributed by atoms with van der Waals surface area (Å²) in [6.07, 6.45) is 0.968. The minimum atomic E-state index is -0.212. The molecule has 1 N–H and O–H groups in total. The number of nitrogens with zero attached hydrogens (tertiary/aromatic N) is 1. The summed E-state index contributed by atoms with van der Waals surface area (Å²) in [5.41, 5.74) is 0.905. The summed E-state index contributed by atoms with van der Waals surface area (Å²) < 4.78 is 5.38. The van der Waals surface area contributed by atoms with Gasteiger partial charge < -0.3 is 10.1 Å². The van der Waals surface area contributed by atoms with Crippen molar-refractivity contribution in [2.45, 2.75) is 19.4 Å². The molecule has 2 aromatic heterocycles. The van der Waals surface area contributed by atoms with E-state index in [0.717, 1.165) is 20.0 Å². The number of hydrogen-bond acceptors (Lipinski definition) is 6. The van der Waals surface area contributed by atoms with Gasteiger partial charge in [-0.1, -0.05) is 11.6 Å². The molecule has 0 atom stereocenters. The van der Waals surface area contributed by atoms with E-state index in [9.17, 15) is 4.79 Å². The minimum absolute atomic E-state index is 0.212. The highest BCUT2D eigenvalue weighted by molar-refractivity contribution is 7.16. The molecule has 2 aromatic rings. The summed E-state index contributed by atoms with van der Waals surface area (Å²) >= 11 is 8.95. The monoisotopic (exact) mass is 316 g/mol. The van der Waals surface area contributed by atoms with Crippen molar-refractivity contribution >= 4 is 45.4 Å². The Morgan fingerprint density at radius 1 is 1.53 bits per heavy atom. The van der Waals surface area contributed by atoms with Gasteiger partial charge in [0.15, 0.2) is 5.13 Å². The third-order valence-corrected chi connectivity index (χ3v) is 4.49. The van der Waals surface area contributed by atoms with E-state index in [4.69, 9.17) is 11.6 Å². The van der Waals surface area contributed by atoms with E-state index in [1.54, 1.807) is 11.3 Å². The predicted molar refractivity (Wildman–Crippen MR) is 79.1 cm³/mol. The van der Waals surface area contributed by atoms with Crippen molar-refractivity contribution in [2.24, 2.45) is 0 Å². The van der Waals surface area contributed by atoms with Crippen molar-refractivity contribution in [1.82, 2.24) is 4.98 Å². The maximum atomic E-state index is 11.0. The molecule has 2 rings (SSSR count). The first-order chi connectivity index (χ1) is 9.17. The van der Waals surface area contributed by atoms with Crippen molar-refractivity contribution in [3.05, 3.63) is 32.4 Å². The normalized spacial score (nSPS) is 10.4. The number of methoxy groups -OCH3 is 1. The molecule has 2 heterocycles. The lowest BCUT2D eigenvalue weighted by Gasteiger charge is -1.99. The summed E-state index contributed by atoms with van der Waals surface area (Å²) in [4.78, 5) is 16.6. The molecule has 7 heteroatoms. The van der Waals surface area contributed by atoms with Gasteiger partial charge in [0, 0.05) is 16.7 Å². The number of thiazole rings is 1. The van der Waals surface area contributed by atoms with Crippen molar-refractivity contribution in [2.75, 3.05) is 12.4 Å². The molecule has 0 saturated heterocycles. The van der Waals surface area contributed by atoms with Crippen molar-refractivity contribution in [3.63, 3.8) is 0 Å². The number of hydrogen-bond donors (Lipinski definition) is 1. The number of carbonyl (C=O) groups excluding carboxylic acids is 1. The van der Waals surface area contributed by atoms with Gasteiger partial charge >= 0.3 is 5.97 Å². The fourth-order valence-corrected chi connectivity index (χ4v) is 3.22. The van der Waals surface area contributed by atoms with E-state index < -0.39 is 0 Å². The molecule has 0 spiro atoms. The van der Waals surface area contributed by atoms with Crippen LogP contribution in [0.15, 0.2) is 17.5 Å². The molecule has 4 nitrogen and oxygen atoms in total. The second kappa shape index (κ2) is 6.88. The van der Waals surface area contributed by atoms with Gasteiger partial charge in [0.05, 0.1) is 30.1 Å². The molecule has 0 aromatic carbocycles. The maximum absolute atomic E-state index is 11.0. The van der Waals surface area contributed by atoms with Crippen LogP contribution in [0.25, 0.3) is 0 Å². The Morgan fingerprint density at radius 2 is 2.37 bits per heavy atom. The van der Waals surface area contributed by atoms with E-state index in [2.05, 4.69) is 15.0 Å². The molecule has 0 aliphatic heterocycles.